The summed E-state index contributed by atoms with van der Waals surface area (Å²) in [4.78, 5) is 1.03. The molecule has 1 N–H and O–H groups in total. The molecule has 0 aliphatic heterocycles. The molecule has 1 heterocycles. The highest BCUT2D eigenvalue weighted by Crippen LogP contribution is 2.42. The third-order valence-electron chi connectivity index (χ3n) is 3.49. The highest BCUT2D eigenvalue weighted by molar-refractivity contribution is 7.16. The van der Waals surface area contributed by atoms with Gasteiger partial charge in [0.1, 0.15) is 0 Å². The maximum Gasteiger partial charge on any atom is 0.0932 e. The number of aliphatic hydroxyl groups excluding tert-OH is 1. The van der Waals surface area contributed by atoms with Gasteiger partial charge in [0, 0.05) is 4.88 Å². The van der Waals surface area contributed by atoms with Crippen LogP contribution in [0, 0.1) is 11.8 Å². The summed E-state index contributed by atoms with van der Waals surface area (Å²) in [5, 5.41) is 10.2. The van der Waals surface area contributed by atoms with Gasteiger partial charge in [-0.2, -0.15) is 0 Å². The standard InChI is InChI=1S/C12H17ClOS/c1-2-8-3-4-9(7-8)12(14)10-5-6-11(13)15-10/h5-6,8-9,12,14H,2-4,7H2,1H3. The Kier molecular flexibility index (Phi) is 3.70. The lowest BCUT2D eigenvalue weighted by atomic mass is 9.97. The number of aliphatic hydroxyl groups is 1. The normalized spacial score (nSPS) is 28.2. The van der Waals surface area contributed by atoms with Crippen molar-refractivity contribution in [2.45, 2.75) is 38.7 Å². The maximum absolute atomic E-state index is 10.2. The molecule has 3 atom stereocenters. The molecule has 1 saturated carbocycles. The minimum Gasteiger partial charge on any atom is -0.387 e. The first-order valence-electron chi connectivity index (χ1n) is 5.64. The van der Waals surface area contributed by atoms with Crippen LogP contribution in [0.1, 0.15) is 43.6 Å². The molecular formula is C12H17ClOS. The summed E-state index contributed by atoms with van der Waals surface area (Å²) in [5.41, 5.74) is 0. The lowest BCUT2D eigenvalue weighted by Gasteiger charge is -2.16. The molecule has 1 aromatic rings. The van der Waals surface area contributed by atoms with Gasteiger partial charge in [-0.3, -0.25) is 0 Å². The van der Waals surface area contributed by atoms with Crippen molar-refractivity contribution in [1.29, 1.82) is 0 Å². The minimum atomic E-state index is -0.293. The monoisotopic (exact) mass is 244 g/mol. The second-order valence-corrected chi connectivity index (χ2v) is 6.18. The molecule has 15 heavy (non-hydrogen) atoms. The summed E-state index contributed by atoms with van der Waals surface area (Å²) in [6.45, 7) is 2.24. The van der Waals surface area contributed by atoms with E-state index in [1.165, 1.54) is 30.6 Å². The first kappa shape index (κ1) is 11.4. The maximum atomic E-state index is 10.2. The van der Waals surface area contributed by atoms with Gasteiger partial charge in [-0.15, -0.1) is 11.3 Å². The van der Waals surface area contributed by atoms with E-state index in [0.29, 0.717) is 5.92 Å². The van der Waals surface area contributed by atoms with E-state index in [9.17, 15) is 5.11 Å². The Hall–Kier alpha value is -0.0500. The Morgan fingerprint density at radius 3 is 2.87 bits per heavy atom. The van der Waals surface area contributed by atoms with Gasteiger partial charge >= 0.3 is 0 Å². The Labute approximate surface area is 100 Å². The molecule has 0 spiro atoms. The molecule has 1 aromatic heterocycles. The van der Waals surface area contributed by atoms with E-state index in [0.717, 1.165) is 21.6 Å². The molecule has 0 radical (unpaired) electrons. The lowest BCUT2D eigenvalue weighted by Crippen LogP contribution is -2.08. The van der Waals surface area contributed by atoms with E-state index >= 15 is 0 Å². The van der Waals surface area contributed by atoms with Crippen LogP contribution in [0.3, 0.4) is 0 Å². The van der Waals surface area contributed by atoms with Gasteiger partial charge in [0.15, 0.2) is 0 Å². The topological polar surface area (TPSA) is 20.2 Å². The van der Waals surface area contributed by atoms with Crippen LogP contribution in [0.5, 0.6) is 0 Å². The van der Waals surface area contributed by atoms with Crippen molar-refractivity contribution in [3.63, 3.8) is 0 Å². The van der Waals surface area contributed by atoms with Crippen molar-refractivity contribution in [2.24, 2.45) is 11.8 Å². The zero-order chi connectivity index (χ0) is 10.8. The second kappa shape index (κ2) is 4.86. The predicted octanol–water partition coefficient (Wildman–Crippen LogP) is 4.26. The smallest absolute Gasteiger partial charge is 0.0932 e. The van der Waals surface area contributed by atoms with E-state index in [-0.39, 0.29) is 6.10 Å². The average Bonchev–Trinajstić information content (AvgIpc) is 2.84. The SMILES string of the molecule is CCC1CCC(C(O)c2ccc(Cl)s2)C1. The van der Waals surface area contributed by atoms with Gasteiger partial charge in [-0.1, -0.05) is 31.4 Å². The van der Waals surface area contributed by atoms with Gasteiger partial charge in [0.05, 0.1) is 10.4 Å². The molecule has 1 aliphatic carbocycles. The van der Waals surface area contributed by atoms with E-state index < -0.39 is 0 Å². The zero-order valence-corrected chi connectivity index (χ0v) is 10.5. The summed E-state index contributed by atoms with van der Waals surface area (Å²) in [6, 6.07) is 3.83. The number of hydrogen-bond donors (Lipinski definition) is 1. The third kappa shape index (κ3) is 2.55. The molecule has 1 aliphatic rings. The molecular weight excluding hydrogens is 228 g/mol. The highest BCUT2D eigenvalue weighted by Gasteiger charge is 2.30. The molecule has 1 nitrogen and oxygen atoms in total. The van der Waals surface area contributed by atoms with Crippen LogP contribution >= 0.6 is 22.9 Å². The van der Waals surface area contributed by atoms with Crippen LogP contribution < -0.4 is 0 Å². The Morgan fingerprint density at radius 2 is 2.33 bits per heavy atom. The molecule has 0 bridgehead atoms. The number of hydrogen-bond acceptors (Lipinski definition) is 2. The van der Waals surface area contributed by atoms with Gasteiger partial charge in [0.25, 0.3) is 0 Å². The van der Waals surface area contributed by atoms with Crippen LogP contribution in [-0.4, -0.2) is 5.11 Å². The highest BCUT2D eigenvalue weighted by atomic mass is 35.5. The summed E-state index contributed by atoms with van der Waals surface area (Å²) in [5.74, 6) is 1.27. The average molecular weight is 245 g/mol. The van der Waals surface area contributed by atoms with E-state index in [4.69, 9.17) is 11.6 Å². The van der Waals surface area contributed by atoms with Gasteiger partial charge in [-0.25, -0.2) is 0 Å². The molecule has 2 rings (SSSR count). The zero-order valence-electron chi connectivity index (χ0n) is 8.95. The lowest BCUT2D eigenvalue weighted by molar-refractivity contribution is 0.112. The predicted molar refractivity (Wildman–Crippen MR) is 65.4 cm³/mol. The van der Waals surface area contributed by atoms with Gasteiger partial charge in [0.2, 0.25) is 0 Å². The molecule has 0 saturated heterocycles. The van der Waals surface area contributed by atoms with Crippen LogP contribution in [0.2, 0.25) is 4.34 Å². The van der Waals surface area contributed by atoms with Crippen LogP contribution in [0.15, 0.2) is 12.1 Å². The van der Waals surface area contributed by atoms with Crippen molar-refractivity contribution < 1.29 is 5.11 Å². The van der Waals surface area contributed by atoms with Crippen molar-refractivity contribution in [3.05, 3.63) is 21.3 Å². The van der Waals surface area contributed by atoms with Crippen molar-refractivity contribution >= 4 is 22.9 Å². The molecule has 84 valence electrons. The quantitative estimate of drug-likeness (QED) is 0.842. The minimum absolute atomic E-state index is 0.293. The van der Waals surface area contributed by atoms with Crippen molar-refractivity contribution in [3.8, 4) is 0 Å². The second-order valence-electron chi connectivity index (χ2n) is 4.43. The fourth-order valence-corrected chi connectivity index (χ4v) is 3.63. The molecule has 1 fully saturated rings. The Balaban J connectivity index is 2.00. The molecule has 3 heteroatoms. The fourth-order valence-electron chi connectivity index (χ4n) is 2.49. The summed E-state index contributed by atoms with van der Waals surface area (Å²) >= 11 is 7.38. The van der Waals surface area contributed by atoms with Crippen LogP contribution in [0.25, 0.3) is 0 Å². The van der Waals surface area contributed by atoms with Crippen LogP contribution in [-0.2, 0) is 0 Å². The number of thiophene rings is 1. The van der Waals surface area contributed by atoms with E-state index in [2.05, 4.69) is 6.92 Å². The summed E-state index contributed by atoms with van der Waals surface area (Å²) < 4.78 is 0.772. The molecule has 0 aromatic carbocycles. The van der Waals surface area contributed by atoms with Crippen molar-refractivity contribution in [2.75, 3.05) is 0 Å². The first-order valence-corrected chi connectivity index (χ1v) is 6.83. The van der Waals surface area contributed by atoms with Crippen LogP contribution in [0.4, 0.5) is 0 Å². The first-order chi connectivity index (χ1) is 7.20. The molecule has 3 unspecified atom stereocenters. The summed E-state index contributed by atoms with van der Waals surface area (Å²) in [7, 11) is 0. The van der Waals surface area contributed by atoms with Gasteiger partial charge < -0.3 is 5.11 Å². The molecule has 0 amide bonds. The van der Waals surface area contributed by atoms with E-state index in [1.807, 2.05) is 12.1 Å². The van der Waals surface area contributed by atoms with E-state index in [1.54, 1.807) is 0 Å². The third-order valence-corrected chi connectivity index (χ3v) is 4.79. The Bertz CT molecular complexity index is 323. The number of halogens is 1. The summed E-state index contributed by atoms with van der Waals surface area (Å²) in [6.07, 6.45) is 4.56. The number of rotatable bonds is 3. The van der Waals surface area contributed by atoms with Crippen molar-refractivity contribution in [1.82, 2.24) is 0 Å². The Morgan fingerprint density at radius 1 is 1.53 bits per heavy atom. The fraction of sp³-hybridized carbons (Fsp3) is 0.667. The largest absolute Gasteiger partial charge is 0.387 e. The van der Waals surface area contributed by atoms with Gasteiger partial charge in [-0.05, 0) is 36.8 Å².